The van der Waals surface area contributed by atoms with Gasteiger partial charge in [-0.2, -0.15) is 0 Å². The number of carbonyl (C=O) groups is 2. The molecule has 0 aliphatic carbocycles. The van der Waals surface area contributed by atoms with E-state index in [1.165, 1.54) is 4.90 Å². The predicted octanol–water partition coefficient (Wildman–Crippen LogP) is 5.43. The second-order valence-electron chi connectivity index (χ2n) is 9.05. The Morgan fingerprint density at radius 1 is 0.946 bits per heavy atom. The quantitative estimate of drug-likeness (QED) is 0.265. The Morgan fingerprint density at radius 3 is 2.19 bits per heavy atom. The SMILES string of the molecule is CCOc1ccc(C2/C(=C(/O)c3ccc4c(c3)CC(C)O4)C(=O)C(=O)N2c2ccc(OCC)cc2)cc1. The van der Waals surface area contributed by atoms with Crippen molar-refractivity contribution >= 4 is 23.1 Å². The van der Waals surface area contributed by atoms with Gasteiger partial charge < -0.3 is 19.3 Å². The molecule has 1 fully saturated rings. The largest absolute Gasteiger partial charge is 0.507 e. The molecule has 7 nitrogen and oxygen atoms in total. The average molecular weight is 500 g/mol. The standard InChI is InChI=1S/C30H29NO6/c1-4-35-23-11-6-19(7-12-23)27-26(28(32)20-8-15-25-21(17-20)16-18(3)37-25)29(33)30(34)31(27)22-9-13-24(14-10-22)36-5-2/h6-15,17-18,27,32H,4-5,16H2,1-3H3/b28-26-. The van der Waals surface area contributed by atoms with Gasteiger partial charge in [-0.15, -0.1) is 0 Å². The third-order valence-corrected chi connectivity index (χ3v) is 6.55. The summed E-state index contributed by atoms with van der Waals surface area (Å²) in [5.74, 6) is 0.445. The van der Waals surface area contributed by atoms with Crippen LogP contribution in [-0.4, -0.2) is 36.1 Å². The third-order valence-electron chi connectivity index (χ3n) is 6.55. The van der Waals surface area contributed by atoms with E-state index in [0.717, 1.165) is 11.3 Å². The van der Waals surface area contributed by atoms with Gasteiger partial charge in [0.05, 0.1) is 24.8 Å². The number of carbonyl (C=O) groups excluding carboxylic acids is 2. The summed E-state index contributed by atoms with van der Waals surface area (Å²) in [5, 5.41) is 11.4. The van der Waals surface area contributed by atoms with Gasteiger partial charge in [-0.1, -0.05) is 12.1 Å². The van der Waals surface area contributed by atoms with Crippen molar-refractivity contribution in [2.75, 3.05) is 18.1 Å². The van der Waals surface area contributed by atoms with Crippen LogP contribution in [-0.2, 0) is 16.0 Å². The maximum atomic E-state index is 13.4. The van der Waals surface area contributed by atoms with Gasteiger partial charge in [0.15, 0.2) is 0 Å². The molecule has 2 heterocycles. The fourth-order valence-corrected chi connectivity index (χ4v) is 4.92. The minimum absolute atomic E-state index is 0.0370. The number of anilines is 1. The molecule has 1 N–H and O–H groups in total. The van der Waals surface area contributed by atoms with Gasteiger partial charge >= 0.3 is 0 Å². The zero-order chi connectivity index (χ0) is 26.1. The van der Waals surface area contributed by atoms with E-state index in [1.807, 2.05) is 39.0 Å². The molecule has 3 aromatic rings. The lowest BCUT2D eigenvalue weighted by Crippen LogP contribution is -2.29. The van der Waals surface area contributed by atoms with Crippen LogP contribution in [0.1, 0.15) is 43.5 Å². The van der Waals surface area contributed by atoms with Crippen LogP contribution in [0.25, 0.3) is 5.76 Å². The van der Waals surface area contributed by atoms with Gasteiger partial charge in [0.1, 0.15) is 29.1 Å². The number of benzene rings is 3. The van der Waals surface area contributed by atoms with Crippen LogP contribution in [0.15, 0.2) is 72.3 Å². The highest BCUT2D eigenvalue weighted by Crippen LogP contribution is 2.43. The van der Waals surface area contributed by atoms with Crippen molar-refractivity contribution in [2.24, 2.45) is 0 Å². The van der Waals surface area contributed by atoms with Gasteiger partial charge in [0.25, 0.3) is 11.7 Å². The number of ether oxygens (including phenoxy) is 3. The molecule has 1 amide bonds. The summed E-state index contributed by atoms with van der Waals surface area (Å²) in [6, 6.07) is 18.7. The lowest BCUT2D eigenvalue weighted by molar-refractivity contribution is -0.132. The van der Waals surface area contributed by atoms with Crippen LogP contribution in [0.4, 0.5) is 5.69 Å². The van der Waals surface area contributed by atoms with E-state index in [2.05, 4.69) is 0 Å². The topological polar surface area (TPSA) is 85.3 Å². The fourth-order valence-electron chi connectivity index (χ4n) is 4.92. The molecular weight excluding hydrogens is 470 g/mol. The zero-order valence-electron chi connectivity index (χ0n) is 21.1. The Kier molecular flexibility index (Phi) is 6.61. The second-order valence-corrected chi connectivity index (χ2v) is 9.05. The molecule has 2 aliphatic rings. The van der Waals surface area contributed by atoms with E-state index in [4.69, 9.17) is 14.2 Å². The van der Waals surface area contributed by atoms with Crippen LogP contribution in [0.3, 0.4) is 0 Å². The molecule has 0 bridgehead atoms. The number of ketones is 1. The number of rotatable bonds is 7. The molecular formula is C30H29NO6. The fraction of sp³-hybridized carbons (Fsp3) is 0.267. The van der Waals surface area contributed by atoms with E-state index in [1.54, 1.807) is 48.5 Å². The molecule has 3 aromatic carbocycles. The van der Waals surface area contributed by atoms with E-state index >= 15 is 0 Å². The van der Waals surface area contributed by atoms with Crippen molar-refractivity contribution in [3.8, 4) is 17.2 Å². The highest BCUT2D eigenvalue weighted by Gasteiger charge is 2.47. The monoisotopic (exact) mass is 499 g/mol. The van der Waals surface area contributed by atoms with Crippen molar-refractivity contribution in [1.29, 1.82) is 0 Å². The molecule has 2 atom stereocenters. The molecule has 1 saturated heterocycles. The summed E-state index contributed by atoms with van der Waals surface area (Å²) >= 11 is 0. The number of Topliss-reactive ketones (excluding diaryl/α,β-unsaturated/α-hetero) is 1. The molecule has 0 radical (unpaired) electrons. The summed E-state index contributed by atoms with van der Waals surface area (Å²) in [6.45, 7) is 6.81. The second kappa shape index (κ2) is 10.0. The highest BCUT2D eigenvalue weighted by atomic mass is 16.5. The van der Waals surface area contributed by atoms with Crippen molar-refractivity contribution in [1.82, 2.24) is 0 Å². The maximum absolute atomic E-state index is 13.4. The Morgan fingerprint density at radius 2 is 1.57 bits per heavy atom. The molecule has 0 spiro atoms. The van der Waals surface area contributed by atoms with Gasteiger partial charge in [-0.25, -0.2) is 0 Å². The number of hydrogen-bond acceptors (Lipinski definition) is 6. The van der Waals surface area contributed by atoms with Gasteiger partial charge in [-0.05, 0) is 86.5 Å². The van der Waals surface area contributed by atoms with Crippen molar-refractivity contribution in [3.05, 3.63) is 89.0 Å². The van der Waals surface area contributed by atoms with Crippen LogP contribution in [0.2, 0.25) is 0 Å². The van der Waals surface area contributed by atoms with Crippen LogP contribution >= 0.6 is 0 Å². The van der Waals surface area contributed by atoms with E-state index in [-0.39, 0.29) is 17.4 Å². The molecule has 2 unspecified atom stereocenters. The number of nitrogens with zero attached hydrogens (tertiary/aromatic N) is 1. The van der Waals surface area contributed by atoms with E-state index < -0.39 is 17.7 Å². The smallest absolute Gasteiger partial charge is 0.300 e. The lowest BCUT2D eigenvalue weighted by Gasteiger charge is -2.26. The molecule has 0 saturated carbocycles. The molecule has 2 aliphatic heterocycles. The predicted molar refractivity (Wildman–Crippen MR) is 140 cm³/mol. The first kappa shape index (κ1) is 24.4. The maximum Gasteiger partial charge on any atom is 0.300 e. The summed E-state index contributed by atoms with van der Waals surface area (Å²) < 4.78 is 16.9. The van der Waals surface area contributed by atoms with Crippen LogP contribution in [0, 0.1) is 0 Å². The number of amides is 1. The van der Waals surface area contributed by atoms with Gasteiger partial charge in [-0.3, -0.25) is 14.5 Å². The summed E-state index contributed by atoms with van der Waals surface area (Å²) in [7, 11) is 0. The molecule has 37 heavy (non-hydrogen) atoms. The molecule has 7 heteroatoms. The first-order chi connectivity index (χ1) is 17.9. The van der Waals surface area contributed by atoms with E-state index in [0.29, 0.717) is 47.9 Å². The van der Waals surface area contributed by atoms with Crippen LogP contribution in [0.5, 0.6) is 17.2 Å². The summed E-state index contributed by atoms with van der Waals surface area (Å²) in [6.07, 6.45) is 0.751. The number of hydrogen-bond donors (Lipinski definition) is 1. The Bertz CT molecular complexity index is 1360. The number of aliphatic hydroxyl groups is 1. The first-order valence-electron chi connectivity index (χ1n) is 12.5. The van der Waals surface area contributed by atoms with E-state index in [9.17, 15) is 14.7 Å². The third kappa shape index (κ3) is 4.53. The lowest BCUT2D eigenvalue weighted by atomic mass is 9.94. The highest BCUT2D eigenvalue weighted by molar-refractivity contribution is 6.51. The first-order valence-corrected chi connectivity index (χ1v) is 12.5. The summed E-state index contributed by atoms with van der Waals surface area (Å²) in [5.41, 5.74) is 2.66. The van der Waals surface area contributed by atoms with Gasteiger partial charge in [0.2, 0.25) is 0 Å². The minimum Gasteiger partial charge on any atom is -0.507 e. The van der Waals surface area contributed by atoms with Crippen LogP contribution < -0.4 is 19.1 Å². The number of aliphatic hydroxyl groups excluding tert-OH is 1. The van der Waals surface area contributed by atoms with Crippen molar-refractivity contribution in [3.63, 3.8) is 0 Å². The Balaban J connectivity index is 1.63. The normalized spacial score (nSPS) is 20.0. The van der Waals surface area contributed by atoms with Crippen molar-refractivity contribution in [2.45, 2.75) is 39.3 Å². The Hall–Kier alpha value is -4.26. The summed E-state index contributed by atoms with van der Waals surface area (Å²) in [4.78, 5) is 28.3. The molecule has 190 valence electrons. The Labute approximate surface area is 215 Å². The van der Waals surface area contributed by atoms with Crippen molar-refractivity contribution < 1.29 is 28.9 Å². The minimum atomic E-state index is -0.822. The zero-order valence-corrected chi connectivity index (χ0v) is 21.1. The average Bonchev–Trinajstić information content (AvgIpc) is 3.40. The molecule has 5 rings (SSSR count). The molecule has 0 aromatic heterocycles. The van der Waals surface area contributed by atoms with Gasteiger partial charge in [0, 0.05) is 17.7 Å². The number of fused-ring (bicyclic) bond motifs is 1.